The van der Waals surface area contributed by atoms with Crippen LogP contribution in [0.2, 0.25) is 0 Å². The number of Topliss-reactive ketones (excluding diaryl/α,β-unsaturated/α-hetero) is 1. The predicted octanol–water partition coefficient (Wildman–Crippen LogP) is 3.99. The quantitative estimate of drug-likeness (QED) is 0.738. The lowest BCUT2D eigenvalue weighted by Crippen LogP contribution is -2.14. The van der Waals surface area contributed by atoms with Gasteiger partial charge in [-0.25, -0.2) is 4.98 Å². The van der Waals surface area contributed by atoms with Crippen molar-refractivity contribution in [1.29, 1.82) is 0 Å². The highest BCUT2D eigenvalue weighted by Gasteiger charge is 2.14. The summed E-state index contributed by atoms with van der Waals surface area (Å²) in [5, 5.41) is 5.44. The molecule has 0 fully saturated rings. The molecule has 0 atom stereocenters. The highest BCUT2D eigenvalue weighted by Crippen LogP contribution is 2.24. The second kappa shape index (κ2) is 6.30. The molecule has 1 N–H and O–H groups in total. The SMILES string of the molecule is CC(=O)c1sc(NC(=O)Cc2cccc3ccccc23)nc1C. The topological polar surface area (TPSA) is 59.1 Å². The Kier molecular flexibility index (Phi) is 4.21. The number of fused-ring (bicyclic) bond motifs is 1. The first-order chi connectivity index (χ1) is 11.0. The number of amides is 1. The number of ketones is 1. The van der Waals surface area contributed by atoms with Crippen LogP contribution in [0.1, 0.15) is 27.9 Å². The van der Waals surface area contributed by atoms with Gasteiger partial charge in [-0.3, -0.25) is 9.59 Å². The summed E-state index contributed by atoms with van der Waals surface area (Å²) in [7, 11) is 0. The van der Waals surface area contributed by atoms with Crippen molar-refractivity contribution in [2.75, 3.05) is 5.32 Å². The van der Waals surface area contributed by atoms with E-state index in [1.807, 2.05) is 42.5 Å². The molecule has 1 heterocycles. The van der Waals surface area contributed by atoms with Crippen LogP contribution in [0.15, 0.2) is 42.5 Å². The standard InChI is InChI=1S/C18H16N2O2S/c1-11-17(12(2)21)23-18(19-11)20-16(22)10-14-8-5-7-13-6-3-4-9-15(13)14/h3-9H,10H2,1-2H3,(H,19,20,22). The third-order valence-electron chi connectivity index (χ3n) is 3.59. The largest absolute Gasteiger partial charge is 0.302 e. The molecule has 0 aliphatic heterocycles. The molecule has 0 radical (unpaired) electrons. The van der Waals surface area contributed by atoms with Crippen LogP contribution < -0.4 is 5.32 Å². The third kappa shape index (κ3) is 3.29. The molecule has 3 aromatic rings. The van der Waals surface area contributed by atoms with Gasteiger partial charge in [0.1, 0.15) is 0 Å². The molecule has 4 nitrogen and oxygen atoms in total. The molecule has 0 unspecified atom stereocenters. The maximum atomic E-state index is 12.3. The van der Waals surface area contributed by atoms with E-state index in [2.05, 4.69) is 10.3 Å². The normalized spacial score (nSPS) is 10.7. The molecule has 0 bridgehead atoms. The highest BCUT2D eigenvalue weighted by atomic mass is 32.1. The maximum absolute atomic E-state index is 12.3. The van der Waals surface area contributed by atoms with Gasteiger partial charge in [0.05, 0.1) is 17.0 Å². The predicted molar refractivity (Wildman–Crippen MR) is 93.1 cm³/mol. The van der Waals surface area contributed by atoms with Gasteiger partial charge in [-0.05, 0) is 23.3 Å². The molecule has 0 saturated carbocycles. The first-order valence-corrected chi connectivity index (χ1v) is 8.11. The van der Waals surface area contributed by atoms with Crippen LogP contribution in [0, 0.1) is 6.92 Å². The fourth-order valence-corrected chi connectivity index (χ4v) is 3.44. The monoisotopic (exact) mass is 324 g/mol. The van der Waals surface area contributed by atoms with Crippen molar-refractivity contribution < 1.29 is 9.59 Å². The van der Waals surface area contributed by atoms with E-state index >= 15 is 0 Å². The van der Waals surface area contributed by atoms with Crippen LogP contribution >= 0.6 is 11.3 Å². The summed E-state index contributed by atoms with van der Waals surface area (Å²) in [6, 6.07) is 13.9. The minimum Gasteiger partial charge on any atom is -0.302 e. The summed E-state index contributed by atoms with van der Waals surface area (Å²) >= 11 is 1.22. The van der Waals surface area contributed by atoms with Crippen LogP contribution in [-0.4, -0.2) is 16.7 Å². The second-order valence-corrected chi connectivity index (χ2v) is 6.35. The highest BCUT2D eigenvalue weighted by molar-refractivity contribution is 7.17. The van der Waals surface area contributed by atoms with E-state index in [-0.39, 0.29) is 18.1 Å². The maximum Gasteiger partial charge on any atom is 0.230 e. The smallest absolute Gasteiger partial charge is 0.230 e. The number of carbonyl (C=O) groups is 2. The van der Waals surface area contributed by atoms with E-state index in [0.29, 0.717) is 15.7 Å². The van der Waals surface area contributed by atoms with Crippen molar-refractivity contribution in [2.24, 2.45) is 0 Å². The third-order valence-corrected chi connectivity index (χ3v) is 4.77. The number of nitrogens with one attached hydrogen (secondary N) is 1. The number of nitrogens with zero attached hydrogens (tertiary/aromatic N) is 1. The van der Waals surface area contributed by atoms with E-state index in [4.69, 9.17) is 0 Å². The van der Waals surface area contributed by atoms with Crippen LogP contribution in [0.4, 0.5) is 5.13 Å². The van der Waals surface area contributed by atoms with Crippen molar-refractivity contribution in [3.05, 3.63) is 58.6 Å². The Bertz CT molecular complexity index is 894. The zero-order valence-electron chi connectivity index (χ0n) is 12.9. The van der Waals surface area contributed by atoms with Gasteiger partial charge in [-0.1, -0.05) is 53.8 Å². The van der Waals surface area contributed by atoms with Gasteiger partial charge in [-0.2, -0.15) is 0 Å². The van der Waals surface area contributed by atoms with Crippen molar-refractivity contribution in [3.63, 3.8) is 0 Å². The lowest BCUT2D eigenvalue weighted by atomic mass is 10.0. The van der Waals surface area contributed by atoms with Gasteiger partial charge >= 0.3 is 0 Å². The summed E-state index contributed by atoms with van der Waals surface area (Å²) < 4.78 is 0. The van der Waals surface area contributed by atoms with Gasteiger partial charge in [0.2, 0.25) is 5.91 Å². The lowest BCUT2D eigenvalue weighted by Gasteiger charge is -2.06. The number of benzene rings is 2. The van der Waals surface area contributed by atoms with Crippen LogP contribution in [0.25, 0.3) is 10.8 Å². The molecule has 0 saturated heterocycles. The minimum absolute atomic E-state index is 0.0328. The summed E-state index contributed by atoms with van der Waals surface area (Å²) in [4.78, 5) is 28.6. The van der Waals surface area contributed by atoms with E-state index in [0.717, 1.165) is 16.3 Å². The molecule has 1 amide bonds. The molecule has 3 rings (SSSR count). The summed E-state index contributed by atoms with van der Waals surface area (Å²) in [6.07, 6.45) is 0.273. The Morgan fingerprint density at radius 2 is 1.87 bits per heavy atom. The van der Waals surface area contributed by atoms with Crippen LogP contribution in [0.5, 0.6) is 0 Å². The molecule has 23 heavy (non-hydrogen) atoms. The summed E-state index contributed by atoms with van der Waals surface area (Å²) in [6.45, 7) is 3.27. The van der Waals surface area contributed by atoms with Crippen LogP contribution in [-0.2, 0) is 11.2 Å². The van der Waals surface area contributed by atoms with Gasteiger partial charge < -0.3 is 5.32 Å². The molecule has 116 valence electrons. The van der Waals surface area contributed by atoms with Gasteiger partial charge in [0.25, 0.3) is 0 Å². The molecular formula is C18H16N2O2S. The average molecular weight is 324 g/mol. The minimum atomic E-state index is -0.134. The number of rotatable bonds is 4. The van der Waals surface area contributed by atoms with E-state index < -0.39 is 0 Å². The fraction of sp³-hybridized carbons (Fsp3) is 0.167. The number of thiazole rings is 1. The van der Waals surface area contributed by atoms with Crippen molar-refractivity contribution in [3.8, 4) is 0 Å². The van der Waals surface area contributed by atoms with Crippen LogP contribution in [0.3, 0.4) is 0 Å². The molecule has 0 aliphatic rings. The van der Waals surface area contributed by atoms with Crippen molar-refractivity contribution in [1.82, 2.24) is 4.98 Å². The first-order valence-electron chi connectivity index (χ1n) is 7.29. The zero-order chi connectivity index (χ0) is 16.4. The number of carbonyl (C=O) groups excluding carboxylic acids is 2. The Morgan fingerprint density at radius 1 is 1.13 bits per heavy atom. The van der Waals surface area contributed by atoms with Gasteiger partial charge in [0.15, 0.2) is 10.9 Å². The zero-order valence-corrected chi connectivity index (χ0v) is 13.7. The first kappa shape index (κ1) is 15.4. The second-order valence-electron chi connectivity index (χ2n) is 5.35. The number of aromatic nitrogens is 1. The molecule has 0 spiro atoms. The van der Waals surface area contributed by atoms with E-state index in [9.17, 15) is 9.59 Å². The Labute approximate surface area is 138 Å². The molecule has 5 heteroatoms. The Morgan fingerprint density at radius 3 is 2.61 bits per heavy atom. The van der Waals surface area contributed by atoms with Gasteiger partial charge in [0, 0.05) is 6.92 Å². The average Bonchev–Trinajstić information content (AvgIpc) is 2.88. The van der Waals surface area contributed by atoms with E-state index in [1.54, 1.807) is 6.92 Å². The Hall–Kier alpha value is -2.53. The Balaban J connectivity index is 1.79. The molecule has 1 aromatic heterocycles. The number of anilines is 1. The lowest BCUT2D eigenvalue weighted by molar-refractivity contribution is -0.115. The number of hydrogen-bond acceptors (Lipinski definition) is 4. The fourth-order valence-electron chi connectivity index (χ4n) is 2.56. The van der Waals surface area contributed by atoms with E-state index in [1.165, 1.54) is 18.3 Å². The molecule has 0 aliphatic carbocycles. The van der Waals surface area contributed by atoms with Crippen molar-refractivity contribution in [2.45, 2.75) is 20.3 Å². The van der Waals surface area contributed by atoms with Crippen molar-refractivity contribution >= 4 is 38.9 Å². The van der Waals surface area contributed by atoms with Gasteiger partial charge in [-0.15, -0.1) is 0 Å². The number of hydrogen-bond donors (Lipinski definition) is 1. The summed E-state index contributed by atoms with van der Waals surface area (Å²) in [5.74, 6) is -0.167. The summed E-state index contributed by atoms with van der Waals surface area (Å²) in [5.41, 5.74) is 1.63. The molecule has 2 aromatic carbocycles. The molecular weight excluding hydrogens is 308 g/mol. The number of aryl methyl sites for hydroxylation is 1.